The van der Waals surface area contributed by atoms with E-state index in [2.05, 4.69) is 10.6 Å². The molecule has 0 radical (unpaired) electrons. The first-order chi connectivity index (χ1) is 9.04. The van der Waals surface area contributed by atoms with Gasteiger partial charge in [-0.25, -0.2) is 0 Å². The molecule has 1 unspecified atom stereocenters. The van der Waals surface area contributed by atoms with Gasteiger partial charge in [0, 0.05) is 34.1 Å². The highest BCUT2D eigenvalue weighted by Crippen LogP contribution is 2.07. The highest BCUT2D eigenvalue weighted by molar-refractivity contribution is 7.84. The Morgan fingerprint density at radius 3 is 2.32 bits per heavy atom. The van der Waals surface area contributed by atoms with Gasteiger partial charge in [-0.1, -0.05) is 6.92 Å². The number of amides is 2. The van der Waals surface area contributed by atoms with E-state index < -0.39 is 10.8 Å². The molecule has 5 nitrogen and oxygen atoms in total. The van der Waals surface area contributed by atoms with E-state index in [1.807, 2.05) is 6.92 Å². The van der Waals surface area contributed by atoms with Crippen LogP contribution in [0.1, 0.15) is 23.7 Å². The van der Waals surface area contributed by atoms with Crippen LogP contribution in [0.4, 0.5) is 0 Å². The number of hydrogen-bond donors (Lipinski definition) is 2. The van der Waals surface area contributed by atoms with Gasteiger partial charge in [0.05, 0.1) is 6.54 Å². The van der Waals surface area contributed by atoms with Gasteiger partial charge >= 0.3 is 0 Å². The maximum Gasteiger partial charge on any atom is 0.251 e. The topological polar surface area (TPSA) is 75.3 Å². The zero-order valence-electron chi connectivity index (χ0n) is 11.1. The molecule has 1 rings (SSSR count). The van der Waals surface area contributed by atoms with Crippen molar-refractivity contribution >= 4 is 22.6 Å². The molecule has 1 aromatic carbocycles. The lowest BCUT2D eigenvalue weighted by molar-refractivity contribution is -0.120. The molecule has 2 N–H and O–H groups in total. The Balaban J connectivity index is 2.49. The lowest BCUT2D eigenvalue weighted by Gasteiger charge is -2.06. The second kappa shape index (κ2) is 7.68. The van der Waals surface area contributed by atoms with Crippen LogP contribution in [0.15, 0.2) is 29.2 Å². The summed E-state index contributed by atoms with van der Waals surface area (Å²) in [5, 5.41) is 5.20. The lowest BCUT2D eigenvalue weighted by atomic mass is 10.2. The van der Waals surface area contributed by atoms with E-state index in [-0.39, 0.29) is 18.4 Å². The summed E-state index contributed by atoms with van der Waals surface area (Å²) in [5.41, 5.74) is 0.442. The predicted octanol–water partition coefficient (Wildman–Crippen LogP) is 0.680. The number of benzene rings is 1. The average molecular weight is 282 g/mol. The lowest BCUT2D eigenvalue weighted by Crippen LogP contribution is -2.37. The minimum Gasteiger partial charge on any atom is -0.355 e. The molecular formula is C13H18N2O3S. The van der Waals surface area contributed by atoms with Gasteiger partial charge in [0.1, 0.15) is 0 Å². The van der Waals surface area contributed by atoms with Crippen molar-refractivity contribution in [3.05, 3.63) is 29.8 Å². The summed E-state index contributed by atoms with van der Waals surface area (Å²) in [4.78, 5) is 23.7. The molecule has 0 bridgehead atoms. The quantitative estimate of drug-likeness (QED) is 0.805. The monoisotopic (exact) mass is 282 g/mol. The molecule has 0 aliphatic rings. The fourth-order valence-electron chi connectivity index (χ4n) is 1.39. The molecule has 0 fully saturated rings. The fourth-order valence-corrected chi connectivity index (χ4v) is 1.91. The van der Waals surface area contributed by atoms with E-state index in [4.69, 9.17) is 0 Å². The summed E-state index contributed by atoms with van der Waals surface area (Å²) >= 11 is 0. The molecule has 0 saturated carbocycles. The molecule has 19 heavy (non-hydrogen) atoms. The minimum atomic E-state index is -1.06. The molecule has 6 heteroatoms. The van der Waals surface area contributed by atoms with Crippen molar-refractivity contribution in [3.63, 3.8) is 0 Å². The maximum atomic E-state index is 11.7. The first kappa shape index (κ1) is 15.4. The smallest absolute Gasteiger partial charge is 0.251 e. The number of nitrogens with one attached hydrogen (secondary N) is 2. The average Bonchev–Trinajstić information content (AvgIpc) is 2.42. The second-order valence-corrected chi connectivity index (χ2v) is 5.39. The van der Waals surface area contributed by atoms with Crippen molar-refractivity contribution in [2.24, 2.45) is 0 Å². The second-order valence-electron chi connectivity index (χ2n) is 4.01. The molecule has 0 aliphatic heterocycles. The van der Waals surface area contributed by atoms with E-state index in [1.165, 1.54) is 0 Å². The Hall–Kier alpha value is -1.69. The standard InChI is InChI=1S/C13H18N2O3S/c1-3-8-14-12(16)9-15-13(17)10-4-6-11(7-5-10)19(2)18/h4-7H,3,8-9H2,1-2H3,(H,14,16)(H,15,17). The third kappa shape index (κ3) is 5.21. The molecule has 0 aliphatic carbocycles. The van der Waals surface area contributed by atoms with E-state index >= 15 is 0 Å². The summed E-state index contributed by atoms with van der Waals surface area (Å²) in [6.45, 7) is 2.52. The van der Waals surface area contributed by atoms with Crippen LogP contribution in [-0.4, -0.2) is 35.4 Å². The van der Waals surface area contributed by atoms with Gasteiger partial charge < -0.3 is 10.6 Å². The Bertz CT molecular complexity index is 471. The maximum absolute atomic E-state index is 11.7. The Morgan fingerprint density at radius 1 is 1.16 bits per heavy atom. The molecule has 0 saturated heterocycles. The molecule has 0 spiro atoms. The van der Waals surface area contributed by atoms with Gasteiger partial charge in [0.15, 0.2) is 0 Å². The summed E-state index contributed by atoms with van der Waals surface area (Å²) < 4.78 is 11.2. The Kier molecular flexibility index (Phi) is 6.21. The summed E-state index contributed by atoms with van der Waals surface area (Å²) in [6.07, 6.45) is 2.43. The van der Waals surface area contributed by atoms with Crippen molar-refractivity contribution in [2.45, 2.75) is 18.2 Å². The number of carbonyl (C=O) groups excluding carboxylic acids is 2. The van der Waals surface area contributed by atoms with E-state index in [0.717, 1.165) is 6.42 Å². The van der Waals surface area contributed by atoms with Crippen molar-refractivity contribution in [1.29, 1.82) is 0 Å². The van der Waals surface area contributed by atoms with Gasteiger partial charge in [-0.2, -0.15) is 0 Å². The van der Waals surface area contributed by atoms with Crippen molar-refractivity contribution < 1.29 is 13.8 Å². The van der Waals surface area contributed by atoms with E-state index in [0.29, 0.717) is 17.0 Å². The van der Waals surface area contributed by atoms with Crippen LogP contribution < -0.4 is 10.6 Å². The van der Waals surface area contributed by atoms with Crippen LogP contribution in [0, 0.1) is 0 Å². The van der Waals surface area contributed by atoms with E-state index in [1.54, 1.807) is 30.5 Å². The highest BCUT2D eigenvalue weighted by Gasteiger charge is 2.08. The fraction of sp³-hybridized carbons (Fsp3) is 0.385. The molecule has 1 aromatic rings. The molecule has 0 heterocycles. The number of hydrogen-bond acceptors (Lipinski definition) is 3. The van der Waals surface area contributed by atoms with Crippen molar-refractivity contribution in [1.82, 2.24) is 10.6 Å². The van der Waals surface area contributed by atoms with Crippen LogP contribution in [0.2, 0.25) is 0 Å². The first-order valence-electron chi connectivity index (χ1n) is 6.03. The van der Waals surface area contributed by atoms with Gasteiger partial charge in [-0.3, -0.25) is 13.8 Å². The molecule has 104 valence electrons. The van der Waals surface area contributed by atoms with Crippen LogP contribution in [0.5, 0.6) is 0 Å². The van der Waals surface area contributed by atoms with Gasteiger partial charge in [-0.15, -0.1) is 0 Å². The largest absolute Gasteiger partial charge is 0.355 e. The van der Waals surface area contributed by atoms with Crippen LogP contribution in [-0.2, 0) is 15.6 Å². The van der Waals surface area contributed by atoms with Crippen LogP contribution in [0.3, 0.4) is 0 Å². The van der Waals surface area contributed by atoms with Crippen LogP contribution >= 0.6 is 0 Å². The molecule has 0 aromatic heterocycles. The number of carbonyl (C=O) groups is 2. The molecule has 2 amide bonds. The van der Waals surface area contributed by atoms with Crippen molar-refractivity contribution in [3.8, 4) is 0 Å². The van der Waals surface area contributed by atoms with Gasteiger partial charge in [-0.05, 0) is 30.7 Å². The highest BCUT2D eigenvalue weighted by atomic mass is 32.2. The predicted molar refractivity (Wildman–Crippen MR) is 74.4 cm³/mol. The van der Waals surface area contributed by atoms with Gasteiger partial charge in [0.2, 0.25) is 5.91 Å². The third-order valence-electron chi connectivity index (χ3n) is 2.43. The normalized spacial score (nSPS) is 11.7. The summed E-state index contributed by atoms with van der Waals surface area (Å²) in [6, 6.07) is 6.47. The molecule has 1 atom stereocenters. The SMILES string of the molecule is CCCNC(=O)CNC(=O)c1ccc(S(C)=O)cc1. The zero-order valence-corrected chi connectivity index (χ0v) is 11.9. The first-order valence-corrected chi connectivity index (χ1v) is 7.58. The minimum absolute atomic E-state index is 0.0414. The van der Waals surface area contributed by atoms with Crippen LogP contribution in [0.25, 0.3) is 0 Å². The summed E-state index contributed by atoms with van der Waals surface area (Å²) in [7, 11) is -1.06. The van der Waals surface area contributed by atoms with E-state index in [9.17, 15) is 13.8 Å². The Morgan fingerprint density at radius 2 is 1.79 bits per heavy atom. The van der Waals surface area contributed by atoms with Crippen molar-refractivity contribution in [2.75, 3.05) is 19.3 Å². The van der Waals surface area contributed by atoms with Gasteiger partial charge in [0.25, 0.3) is 5.91 Å². The zero-order chi connectivity index (χ0) is 14.3. The molecular weight excluding hydrogens is 264 g/mol. The number of rotatable bonds is 6. The Labute approximate surface area is 115 Å². The summed E-state index contributed by atoms with van der Waals surface area (Å²) in [5.74, 6) is -0.526. The third-order valence-corrected chi connectivity index (χ3v) is 3.37.